The molecule has 0 aromatic heterocycles. The fraction of sp³-hybridized carbons (Fsp3) is 1.00. The maximum Gasteiger partial charge on any atom is 0.248 e. The Bertz CT molecular complexity index is 70.7. The Morgan fingerprint density at radius 1 is 1.44 bits per heavy atom. The van der Waals surface area contributed by atoms with E-state index in [1.165, 1.54) is 6.04 Å². The molecule has 0 fully saturated rings. The van der Waals surface area contributed by atoms with Crippen molar-refractivity contribution in [3.05, 3.63) is 0 Å². The maximum absolute atomic E-state index is 5.85. The van der Waals surface area contributed by atoms with Crippen LogP contribution < -0.4 is 0 Å². The Morgan fingerprint density at radius 2 is 2.00 bits per heavy atom. The molecule has 0 N–H and O–H groups in total. The van der Waals surface area contributed by atoms with Gasteiger partial charge in [0.2, 0.25) is 6.69 Å². The molecule has 0 bridgehead atoms. The fourth-order valence-electron chi connectivity index (χ4n) is 0.530. The minimum atomic E-state index is -1.79. The molecule has 9 heavy (non-hydrogen) atoms. The van der Waals surface area contributed by atoms with Crippen LogP contribution >= 0.6 is 33.2 Å². The van der Waals surface area contributed by atoms with Crippen molar-refractivity contribution >= 4 is 48.8 Å². The van der Waals surface area contributed by atoms with Gasteiger partial charge in [-0.05, 0) is 18.6 Å². The summed E-state index contributed by atoms with van der Waals surface area (Å²) in [4.78, 5) is 0. The molecule has 56 valence electrons. The summed E-state index contributed by atoms with van der Waals surface area (Å²) in [6, 6.07) is 2.17. The van der Waals surface area contributed by atoms with Crippen LogP contribution in [0.2, 0.25) is 18.6 Å². The molecule has 0 aromatic rings. The zero-order chi connectivity index (χ0) is 7.33. The van der Waals surface area contributed by atoms with Crippen molar-refractivity contribution in [2.45, 2.75) is 25.1 Å². The average molecular weight is 222 g/mol. The molecule has 0 aliphatic carbocycles. The average Bonchev–Trinajstić information content (AvgIpc) is 1.63. The molecule has 0 saturated carbocycles. The van der Waals surface area contributed by atoms with Gasteiger partial charge in [0, 0.05) is 0 Å². The Balaban J connectivity index is 3.07. The van der Waals surface area contributed by atoms with Crippen molar-refractivity contribution in [2.24, 2.45) is 0 Å². The maximum atomic E-state index is 5.85. The fourth-order valence-corrected chi connectivity index (χ4v) is 3.71. The lowest BCUT2D eigenvalue weighted by Gasteiger charge is -2.07. The van der Waals surface area contributed by atoms with Gasteiger partial charge in [-0.2, -0.15) is 11.1 Å². The molecule has 0 nitrogen and oxygen atoms in total. The first kappa shape index (κ1) is 10.3. The molecule has 0 aliphatic heterocycles. The molecule has 0 amide bonds. The minimum Gasteiger partial charge on any atom is -0.176 e. The highest BCUT2D eigenvalue weighted by Crippen LogP contribution is 2.22. The second-order valence-electron chi connectivity index (χ2n) is 2.22. The van der Waals surface area contributed by atoms with Crippen LogP contribution in [0.3, 0.4) is 0 Å². The quantitative estimate of drug-likeness (QED) is 0.389. The monoisotopic (exact) mass is 220 g/mol. The molecule has 0 saturated heterocycles. The summed E-state index contributed by atoms with van der Waals surface area (Å²) in [6.45, 7) is 0.164. The molecule has 0 aliphatic rings. The van der Waals surface area contributed by atoms with E-state index in [0.717, 1.165) is 12.5 Å². The SMILES string of the molecule is C[Si](Cl)(Cl)CCC[SiH2]Cl. The van der Waals surface area contributed by atoms with Crippen LogP contribution in [0.1, 0.15) is 6.42 Å². The van der Waals surface area contributed by atoms with Gasteiger partial charge in [0.1, 0.15) is 8.83 Å². The Hall–Kier alpha value is 1.30. The van der Waals surface area contributed by atoms with E-state index in [9.17, 15) is 0 Å². The molecule has 5 heteroatoms. The molecular weight excluding hydrogens is 211 g/mol. The van der Waals surface area contributed by atoms with Crippen LogP contribution in [0, 0.1) is 0 Å². The number of rotatable bonds is 4. The van der Waals surface area contributed by atoms with Crippen LogP contribution in [0.15, 0.2) is 0 Å². The molecule has 0 radical (unpaired) electrons. The third-order valence-corrected chi connectivity index (χ3v) is 4.93. The third kappa shape index (κ3) is 9.30. The second-order valence-corrected chi connectivity index (χ2v) is 12.7. The highest BCUT2D eigenvalue weighted by molar-refractivity contribution is 7.44. The summed E-state index contributed by atoms with van der Waals surface area (Å²) >= 11 is 17.3. The first-order chi connectivity index (χ1) is 4.06. The van der Waals surface area contributed by atoms with Gasteiger partial charge in [-0.25, -0.2) is 0 Å². The normalized spacial score (nSPS) is 13.3. The predicted octanol–water partition coefficient (Wildman–Crippen LogP) is 2.67. The summed E-state index contributed by atoms with van der Waals surface area (Å²) < 4.78 is 0. The first-order valence-electron chi connectivity index (χ1n) is 3.00. The summed E-state index contributed by atoms with van der Waals surface area (Å²) in [5.74, 6) is 0. The smallest absolute Gasteiger partial charge is 0.176 e. The van der Waals surface area contributed by atoms with Crippen molar-refractivity contribution in [1.82, 2.24) is 0 Å². The van der Waals surface area contributed by atoms with Gasteiger partial charge >= 0.3 is 0 Å². The van der Waals surface area contributed by atoms with E-state index in [1.54, 1.807) is 0 Å². The van der Waals surface area contributed by atoms with E-state index < -0.39 is 6.69 Å². The second kappa shape index (κ2) is 5.02. The van der Waals surface area contributed by atoms with Gasteiger partial charge in [0.15, 0.2) is 0 Å². The standard InChI is InChI=1S/C4H11Cl3Si2/c1-9(6,7)4-2-3-8-5/h2-4,8H2,1H3. The molecular formula is C4H11Cl3Si2. The topological polar surface area (TPSA) is 0 Å². The van der Waals surface area contributed by atoms with E-state index in [-0.39, 0.29) is 8.83 Å². The summed E-state index contributed by atoms with van der Waals surface area (Å²) in [7, 11) is -0.278. The van der Waals surface area contributed by atoms with Crippen LogP contribution in [0.4, 0.5) is 0 Å². The van der Waals surface area contributed by atoms with E-state index >= 15 is 0 Å². The lowest BCUT2D eigenvalue weighted by Crippen LogP contribution is -2.11. The first-order valence-corrected chi connectivity index (χ1v) is 10.9. The highest BCUT2D eigenvalue weighted by Gasteiger charge is 2.19. The highest BCUT2D eigenvalue weighted by atomic mass is 35.7. The molecule has 0 heterocycles. The van der Waals surface area contributed by atoms with Crippen LogP contribution in [-0.4, -0.2) is 15.5 Å². The lowest BCUT2D eigenvalue weighted by molar-refractivity contribution is 1.06. The van der Waals surface area contributed by atoms with Crippen molar-refractivity contribution in [2.75, 3.05) is 0 Å². The number of hydrogen-bond acceptors (Lipinski definition) is 0. The lowest BCUT2D eigenvalue weighted by atomic mass is 10.6. The van der Waals surface area contributed by atoms with Crippen molar-refractivity contribution in [1.29, 1.82) is 0 Å². The van der Waals surface area contributed by atoms with Gasteiger partial charge in [0.25, 0.3) is 0 Å². The van der Waals surface area contributed by atoms with Gasteiger partial charge in [0.05, 0.1) is 0 Å². The zero-order valence-corrected chi connectivity index (χ0v) is 10.1. The van der Waals surface area contributed by atoms with E-state index in [0.29, 0.717) is 0 Å². The van der Waals surface area contributed by atoms with Crippen LogP contribution in [0.25, 0.3) is 0 Å². The van der Waals surface area contributed by atoms with Gasteiger partial charge < -0.3 is 0 Å². The molecule has 0 spiro atoms. The molecule has 0 unspecified atom stereocenters. The van der Waals surface area contributed by atoms with Crippen molar-refractivity contribution in [3.63, 3.8) is 0 Å². The van der Waals surface area contributed by atoms with E-state index in [1.807, 2.05) is 6.55 Å². The minimum absolute atomic E-state index is 0.278. The Labute approximate surface area is 73.8 Å². The third-order valence-electron chi connectivity index (χ3n) is 0.999. The number of hydrogen-bond donors (Lipinski definition) is 0. The molecule has 0 atom stereocenters. The number of halogens is 3. The van der Waals surface area contributed by atoms with Gasteiger partial charge in [-0.15, -0.1) is 22.2 Å². The van der Waals surface area contributed by atoms with Gasteiger partial charge in [-0.1, -0.05) is 6.42 Å². The molecule has 0 rings (SSSR count). The molecule has 0 aromatic carbocycles. The van der Waals surface area contributed by atoms with Crippen LogP contribution in [0.5, 0.6) is 0 Å². The van der Waals surface area contributed by atoms with Gasteiger partial charge in [-0.3, -0.25) is 0 Å². The predicted molar refractivity (Wildman–Crippen MR) is 52.0 cm³/mol. The van der Waals surface area contributed by atoms with Crippen molar-refractivity contribution < 1.29 is 0 Å². The Morgan fingerprint density at radius 3 is 2.33 bits per heavy atom. The van der Waals surface area contributed by atoms with E-state index in [4.69, 9.17) is 33.2 Å². The summed E-state index contributed by atoms with van der Waals surface area (Å²) in [5.41, 5.74) is 0. The van der Waals surface area contributed by atoms with E-state index in [2.05, 4.69) is 0 Å². The Kier molecular flexibility index (Phi) is 5.75. The zero-order valence-electron chi connectivity index (χ0n) is 5.46. The summed E-state index contributed by atoms with van der Waals surface area (Å²) in [6.07, 6.45) is 1.13. The van der Waals surface area contributed by atoms with Crippen molar-refractivity contribution in [3.8, 4) is 0 Å². The summed E-state index contributed by atoms with van der Waals surface area (Å²) in [5, 5.41) is 0. The largest absolute Gasteiger partial charge is 0.248 e. The van der Waals surface area contributed by atoms with Crippen LogP contribution in [-0.2, 0) is 0 Å².